The molecule has 0 spiro atoms. The van der Waals surface area contributed by atoms with E-state index in [9.17, 15) is 0 Å². The third kappa shape index (κ3) is 6.23. The minimum atomic E-state index is 0.432. The summed E-state index contributed by atoms with van der Waals surface area (Å²) in [6.45, 7) is 11.3. The summed E-state index contributed by atoms with van der Waals surface area (Å²) < 4.78 is 0. The highest BCUT2D eigenvalue weighted by molar-refractivity contribution is 7.11. The second kappa shape index (κ2) is 7.17. The summed E-state index contributed by atoms with van der Waals surface area (Å²) in [6, 6.07) is 4.44. The third-order valence-corrected chi connectivity index (χ3v) is 4.16. The van der Waals surface area contributed by atoms with Gasteiger partial charge in [0.1, 0.15) is 0 Å². The third-order valence-electron chi connectivity index (χ3n) is 3.16. The van der Waals surface area contributed by atoms with Gasteiger partial charge >= 0.3 is 0 Å². The normalized spacial score (nSPS) is 12.0. The minimum Gasteiger partial charge on any atom is -0.311 e. The highest BCUT2D eigenvalue weighted by atomic mass is 32.1. The van der Waals surface area contributed by atoms with Gasteiger partial charge in [-0.1, -0.05) is 40.0 Å². The van der Waals surface area contributed by atoms with Crippen molar-refractivity contribution in [1.82, 2.24) is 5.32 Å². The first-order chi connectivity index (χ1) is 8.03. The zero-order valence-electron chi connectivity index (χ0n) is 11.8. The average Bonchev–Trinajstić information content (AvgIpc) is 2.64. The van der Waals surface area contributed by atoms with E-state index in [-0.39, 0.29) is 0 Å². The van der Waals surface area contributed by atoms with Crippen molar-refractivity contribution in [2.45, 2.75) is 59.9 Å². The Morgan fingerprint density at radius 1 is 1.24 bits per heavy atom. The fourth-order valence-corrected chi connectivity index (χ4v) is 2.91. The molecule has 0 amide bonds. The second-order valence-electron chi connectivity index (χ2n) is 5.74. The molecule has 1 rings (SSSR count). The number of hydrogen-bond acceptors (Lipinski definition) is 2. The van der Waals surface area contributed by atoms with Crippen molar-refractivity contribution in [3.8, 4) is 0 Å². The minimum absolute atomic E-state index is 0.432. The van der Waals surface area contributed by atoms with Crippen LogP contribution in [0.15, 0.2) is 12.1 Å². The van der Waals surface area contributed by atoms with Crippen molar-refractivity contribution in [2.75, 3.05) is 6.54 Å². The number of rotatable bonds is 8. The van der Waals surface area contributed by atoms with Gasteiger partial charge in [-0.2, -0.15) is 0 Å². The highest BCUT2D eigenvalue weighted by Crippen LogP contribution is 2.23. The van der Waals surface area contributed by atoms with Gasteiger partial charge in [-0.3, -0.25) is 0 Å². The molecule has 0 unspecified atom stereocenters. The van der Waals surface area contributed by atoms with Crippen molar-refractivity contribution in [3.05, 3.63) is 21.9 Å². The Kier molecular flexibility index (Phi) is 6.21. The maximum absolute atomic E-state index is 3.59. The topological polar surface area (TPSA) is 12.0 Å². The molecule has 1 aromatic rings. The first kappa shape index (κ1) is 14.7. The Balaban J connectivity index is 2.20. The molecule has 0 aliphatic rings. The quantitative estimate of drug-likeness (QED) is 0.659. The summed E-state index contributed by atoms with van der Waals surface area (Å²) in [7, 11) is 0. The van der Waals surface area contributed by atoms with Crippen LogP contribution in [0.3, 0.4) is 0 Å². The van der Waals surface area contributed by atoms with Crippen molar-refractivity contribution in [3.63, 3.8) is 0 Å². The van der Waals surface area contributed by atoms with E-state index in [1.54, 1.807) is 0 Å². The van der Waals surface area contributed by atoms with Gasteiger partial charge in [-0.05, 0) is 30.9 Å². The molecule has 0 atom stereocenters. The van der Waals surface area contributed by atoms with E-state index in [1.165, 1.54) is 35.4 Å². The maximum atomic E-state index is 3.59. The fraction of sp³-hybridized carbons (Fsp3) is 0.733. The van der Waals surface area contributed by atoms with Crippen LogP contribution >= 0.6 is 11.3 Å². The lowest BCUT2D eigenvalue weighted by molar-refractivity contribution is 0.302. The fourth-order valence-electron chi connectivity index (χ4n) is 2.05. The lowest BCUT2D eigenvalue weighted by atomic mass is 9.87. The first-order valence-electron chi connectivity index (χ1n) is 6.79. The molecule has 1 heterocycles. The van der Waals surface area contributed by atoms with E-state index in [4.69, 9.17) is 0 Å². The standard InChI is InChI=1S/C15H27NS/c1-5-6-7-10-15(3,4)12-16-11-14-9-8-13(2)17-14/h8-9,16H,5-7,10-12H2,1-4H3. The van der Waals surface area contributed by atoms with Crippen LogP contribution in [-0.4, -0.2) is 6.54 Å². The molecule has 17 heavy (non-hydrogen) atoms. The average molecular weight is 253 g/mol. The molecule has 1 N–H and O–H groups in total. The van der Waals surface area contributed by atoms with Crippen LogP contribution in [0.2, 0.25) is 0 Å². The van der Waals surface area contributed by atoms with Gasteiger partial charge in [-0.25, -0.2) is 0 Å². The molecular formula is C15H27NS. The Bertz CT molecular complexity index is 314. The zero-order valence-corrected chi connectivity index (χ0v) is 12.6. The lowest BCUT2D eigenvalue weighted by Gasteiger charge is -2.25. The maximum Gasteiger partial charge on any atom is 0.0300 e. The summed E-state index contributed by atoms with van der Waals surface area (Å²) in [5.74, 6) is 0. The monoisotopic (exact) mass is 253 g/mol. The molecular weight excluding hydrogens is 226 g/mol. The zero-order chi connectivity index (χ0) is 12.7. The molecule has 0 aromatic carbocycles. The van der Waals surface area contributed by atoms with Gasteiger partial charge in [0.25, 0.3) is 0 Å². The predicted octanol–water partition coefficient (Wildman–Crippen LogP) is 4.75. The largest absolute Gasteiger partial charge is 0.311 e. The van der Waals surface area contributed by atoms with Crippen LogP contribution in [0.25, 0.3) is 0 Å². The summed E-state index contributed by atoms with van der Waals surface area (Å²) >= 11 is 1.90. The SMILES string of the molecule is CCCCCC(C)(C)CNCc1ccc(C)s1. The van der Waals surface area contributed by atoms with Gasteiger partial charge in [-0.15, -0.1) is 11.3 Å². The molecule has 1 nitrogen and oxygen atoms in total. The summed E-state index contributed by atoms with van der Waals surface area (Å²) in [5, 5.41) is 3.59. The van der Waals surface area contributed by atoms with E-state index in [2.05, 4.69) is 45.1 Å². The van der Waals surface area contributed by atoms with Crippen LogP contribution in [0.5, 0.6) is 0 Å². The van der Waals surface area contributed by atoms with Gasteiger partial charge < -0.3 is 5.32 Å². The molecule has 2 heteroatoms. The smallest absolute Gasteiger partial charge is 0.0300 e. The Hall–Kier alpha value is -0.340. The van der Waals surface area contributed by atoms with E-state index < -0.39 is 0 Å². The van der Waals surface area contributed by atoms with Crippen molar-refractivity contribution in [1.29, 1.82) is 0 Å². The second-order valence-corrected chi connectivity index (χ2v) is 7.11. The van der Waals surface area contributed by atoms with E-state index in [0.29, 0.717) is 5.41 Å². The van der Waals surface area contributed by atoms with Crippen LogP contribution in [0.1, 0.15) is 56.2 Å². The molecule has 0 fully saturated rings. The lowest BCUT2D eigenvalue weighted by Crippen LogP contribution is -2.28. The molecule has 98 valence electrons. The Morgan fingerprint density at radius 3 is 2.59 bits per heavy atom. The van der Waals surface area contributed by atoms with Gasteiger partial charge in [0.05, 0.1) is 0 Å². The van der Waals surface area contributed by atoms with E-state index in [1.807, 2.05) is 11.3 Å². The molecule has 0 bridgehead atoms. The highest BCUT2D eigenvalue weighted by Gasteiger charge is 2.16. The van der Waals surface area contributed by atoms with E-state index in [0.717, 1.165) is 13.1 Å². The van der Waals surface area contributed by atoms with Crippen molar-refractivity contribution < 1.29 is 0 Å². The predicted molar refractivity (Wildman–Crippen MR) is 78.7 cm³/mol. The first-order valence-corrected chi connectivity index (χ1v) is 7.61. The molecule has 0 aliphatic heterocycles. The van der Waals surface area contributed by atoms with E-state index >= 15 is 0 Å². The van der Waals surface area contributed by atoms with Crippen molar-refractivity contribution in [2.24, 2.45) is 5.41 Å². The number of nitrogens with one attached hydrogen (secondary N) is 1. The van der Waals surface area contributed by atoms with Crippen LogP contribution in [0, 0.1) is 12.3 Å². The summed E-state index contributed by atoms with van der Waals surface area (Å²) in [4.78, 5) is 2.86. The summed E-state index contributed by atoms with van der Waals surface area (Å²) in [5.41, 5.74) is 0.432. The van der Waals surface area contributed by atoms with Gasteiger partial charge in [0.15, 0.2) is 0 Å². The van der Waals surface area contributed by atoms with Crippen LogP contribution in [0.4, 0.5) is 0 Å². The van der Waals surface area contributed by atoms with Crippen LogP contribution in [-0.2, 0) is 6.54 Å². The Morgan fingerprint density at radius 2 is 2.00 bits per heavy atom. The molecule has 0 saturated carbocycles. The number of unbranched alkanes of at least 4 members (excludes halogenated alkanes) is 2. The van der Waals surface area contributed by atoms with Crippen LogP contribution < -0.4 is 5.32 Å². The summed E-state index contributed by atoms with van der Waals surface area (Å²) in [6.07, 6.45) is 5.38. The number of thiophene rings is 1. The Labute approximate surface area is 111 Å². The molecule has 0 radical (unpaired) electrons. The number of hydrogen-bond donors (Lipinski definition) is 1. The van der Waals surface area contributed by atoms with Gasteiger partial charge in [0, 0.05) is 22.8 Å². The van der Waals surface area contributed by atoms with Gasteiger partial charge in [0.2, 0.25) is 0 Å². The molecule has 0 aliphatic carbocycles. The number of aryl methyl sites for hydroxylation is 1. The molecule has 0 saturated heterocycles. The van der Waals surface area contributed by atoms with Crippen molar-refractivity contribution >= 4 is 11.3 Å². The molecule has 1 aromatic heterocycles.